The van der Waals surface area contributed by atoms with Crippen LogP contribution in [-0.4, -0.2) is 0 Å². The van der Waals surface area contributed by atoms with E-state index in [0.717, 1.165) is 17.7 Å². The Labute approximate surface area is 128 Å². The molecule has 21 heavy (non-hydrogen) atoms. The van der Waals surface area contributed by atoms with Crippen molar-refractivity contribution < 1.29 is 4.74 Å². The van der Waals surface area contributed by atoms with E-state index in [9.17, 15) is 0 Å². The minimum absolute atomic E-state index is 0.324. The van der Waals surface area contributed by atoms with Crippen LogP contribution in [-0.2, 0) is 13.0 Å². The van der Waals surface area contributed by atoms with Crippen molar-refractivity contribution >= 4 is 6.08 Å². The van der Waals surface area contributed by atoms with Crippen LogP contribution in [0.1, 0.15) is 37.5 Å². The molecule has 0 spiro atoms. The second kappa shape index (κ2) is 6.62. The first kappa shape index (κ1) is 15.4. The van der Waals surface area contributed by atoms with E-state index < -0.39 is 0 Å². The molecular weight excluding hydrogens is 256 g/mol. The van der Waals surface area contributed by atoms with Gasteiger partial charge in [0.1, 0.15) is 12.4 Å². The van der Waals surface area contributed by atoms with E-state index in [2.05, 4.69) is 51.6 Å². The average molecular weight is 280 g/mol. The number of hydrogen-bond donors (Lipinski definition) is 0. The zero-order chi connectivity index (χ0) is 15.3. The third-order valence-corrected chi connectivity index (χ3v) is 3.28. The second-order valence-electron chi connectivity index (χ2n) is 6.62. The van der Waals surface area contributed by atoms with Gasteiger partial charge in [0.15, 0.2) is 0 Å². The molecule has 0 fully saturated rings. The van der Waals surface area contributed by atoms with Crippen molar-refractivity contribution in [3.63, 3.8) is 0 Å². The Balaban J connectivity index is 1.92. The standard InChI is InChI=1S/C20H24O/c1-5-16-10-12-19(13-11-16)21-15-18-8-6-17(7-9-18)14-20(2,3)4/h5-13H,1,14-15H2,2-4H3. The minimum atomic E-state index is 0.324. The quantitative estimate of drug-likeness (QED) is 0.703. The summed E-state index contributed by atoms with van der Waals surface area (Å²) in [6, 6.07) is 16.7. The Bertz CT molecular complexity index is 571. The highest BCUT2D eigenvalue weighted by atomic mass is 16.5. The van der Waals surface area contributed by atoms with E-state index in [0.29, 0.717) is 12.0 Å². The van der Waals surface area contributed by atoms with Crippen LogP contribution < -0.4 is 4.74 Å². The molecule has 0 aliphatic carbocycles. The minimum Gasteiger partial charge on any atom is -0.489 e. The van der Waals surface area contributed by atoms with Gasteiger partial charge in [0, 0.05) is 0 Å². The van der Waals surface area contributed by atoms with Gasteiger partial charge in [-0.2, -0.15) is 0 Å². The molecular formula is C20H24O. The molecule has 2 aromatic carbocycles. The summed E-state index contributed by atoms with van der Waals surface area (Å²) in [6.45, 7) is 11.1. The number of ether oxygens (including phenoxy) is 1. The summed E-state index contributed by atoms with van der Waals surface area (Å²) in [5.74, 6) is 0.888. The van der Waals surface area contributed by atoms with Gasteiger partial charge in [-0.25, -0.2) is 0 Å². The molecule has 0 atom stereocenters. The first-order chi connectivity index (χ1) is 9.96. The van der Waals surface area contributed by atoms with E-state index in [1.54, 1.807) is 0 Å². The van der Waals surface area contributed by atoms with Gasteiger partial charge in [0.25, 0.3) is 0 Å². The van der Waals surface area contributed by atoms with Crippen molar-refractivity contribution in [2.45, 2.75) is 33.8 Å². The lowest BCUT2D eigenvalue weighted by atomic mass is 9.88. The van der Waals surface area contributed by atoms with Crippen LogP contribution in [0.3, 0.4) is 0 Å². The van der Waals surface area contributed by atoms with Gasteiger partial charge in [-0.3, -0.25) is 0 Å². The molecule has 0 amide bonds. The highest BCUT2D eigenvalue weighted by Gasteiger charge is 2.10. The van der Waals surface area contributed by atoms with Crippen LogP contribution in [0, 0.1) is 5.41 Å². The molecule has 0 saturated carbocycles. The number of hydrogen-bond acceptors (Lipinski definition) is 1. The lowest BCUT2D eigenvalue weighted by molar-refractivity contribution is 0.306. The van der Waals surface area contributed by atoms with Crippen LogP contribution in [0.25, 0.3) is 6.08 Å². The summed E-state index contributed by atoms with van der Waals surface area (Å²) < 4.78 is 5.80. The van der Waals surface area contributed by atoms with E-state index in [1.807, 2.05) is 30.3 Å². The van der Waals surface area contributed by atoms with Crippen molar-refractivity contribution in [2.24, 2.45) is 5.41 Å². The number of benzene rings is 2. The fraction of sp³-hybridized carbons (Fsp3) is 0.300. The molecule has 0 unspecified atom stereocenters. The molecule has 0 radical (unpaired) electrons. The van der Waals surface area contributed by atoms with E-state index in [1.165, 1.54) is 11.1 Å². The predicted octanol–water partition coefficient (Wildman–Crippen LogP) is 5.50. The monoisotopic (exact) mass is 280 g/mol. The van der Waals surface area contributed by atoms with Gasteiger partial charge in [-0.1, -0.05) is 69.8 Å². The van der Waals surface area contributed by atoms with Crippen molar-refractivity contribution in [2.75, 3.05) is 0 Å². The van der Waals surface area contributed by atoms with Crippen molar-refractivity contribution in [1.82, 2.24) is 0 Å². The molecule has 1 heteroatoms. The van der Waals surface area contributed by atoms with E-state index in [-0.39, 0.29) is 0 Å². The summed E-state index contributed by atoms with van der Waals surface area (Å²) in [7, 11) is 0. The molecule has 0 aliphatic heterocycles. The average Bonchev–Trinajstić information content (AvgIpc) is 2.45. The summed E-state index contributed by atoms with van der Waals surface area (Å²) in [4.78, 5) is 0. The SMILES string of the molecule is C=Cc1ccc(OCc2ccc(CC(C)(C)C)cc2)cc1. The maximum Gasteiger partial charge on any atom is 0.119 e. The Morgan fingerprint density at radius 2 is 1.48 bits per heavy atom. The molecule has 2 rings (SSSR count). The van der Waals surface area contributed by atoms with Gasteiger partial charge in [-0.05, 0) is 40.7 Å². The lowest BCUT2D eigenvalue weighted by Gasteiger charge is -2.18. The summed E-state index contributed by atoms with van der Waals surface area (Å²) in [5, 5.41) is 0. The van der Waals surface area contributed by atoms with Crippen LogP contribution >= 0.6 is 0 Å². The first-order valence-corrected chi connectivity index (χ1v) is 7.39. The van der Waals surface area contributed by atoms with Gasteiger partial charge in [-0.15, -0.1) is 0 Å². The van der Waals surface area contributed by atoms with Gasteiger partial charge in [0.2, 0.25) is 0 Å². The molecule has 0 aromatic heterocycles. The predicted molar refractivity (Wildman–Crippen MR) is 90.5 cm³/mol. The van der Waals surface area contributed by atoms with E-state index >= 15 is 0 Å². The van der Waals surface area contributed by atoms with Crippen molar-refractivity contribution in [1.29, 1.82) is 0 Å². The molecule has 1 nitrogen and oxygen atoms in total. The smallest absolute Gasteiger partial charge is 0.119 e. The van der Waals surface area contributed by atoms with Crippen LogP contribution in [0.2, 0.25) is 0 Å². The lowest BCUT2D eigenvalue weighted by Crippen LogP contribution is -2.09. The normalized spacial score (nSPS) is 11.2. The molecule has 0 bridgehead atoms. The molecule has 0 aliphatic rings. The zero-order valence-electron chi connectivity index (χ0n) is 13.2. The third kappa shape index (κ3) is 5.11. The fourth-order valence-electron chi connectivity index (χ4n) is 2.23. The molecule has 110 valence electrons. The van der Waals surface area contributed by atoms with Crippen molar-refractivity contribution in [3.05, 3.63) is 71.8 Å². The maximum absolute atomic E-state index is 5.80. The largest absolute Gasteiger partial charge is 0.489 e. The molecule has 2 aromatic rings. The Morgan fingerprint density at radius 3 is 2.00 bits per heavy atom. The Hall–Kier alpha value is -2.02. The van der Waals surface area contributed by atoms with Gasteiger partial charge in [0.05, 0.1) is 0 Å². The van der Waals surface area contributed by atoms with Crippen LogP contribution in [0.5, 0.6) is 5.75 Å². The fourth-order valence-corrected chi connectivity index (χ4v) is 2.23. The van der Waals surface area contributed by atoms with E-state index in [4.69, 9.17) is 4.74 Å². The first-order valence-electron chi connectivity index (χ1n) is 7.39. The summed E-state index contributed by atoms with van der Waals surface area (Å²) in [6.07, 6.45) is 2.93. The topological polar surface area (TPSA) is 9.23 Å². The summed E-state index contributed by atoms with van der Waals surface area (Å²) >= 11 is 0. The highest BCUT2D eigenvalue weighted by Crippen LogP contribution is 2.21. The highest BCUT2D eigenvalue weighted by molar-refractivity contribution is 5.48. The Morgan fingerprint density at radius 1 is 0.905 bits per heavy atom. The third-order valence-electron chi connectivity index (χ3n) is 3.28. The molecule has 0 saturated heterocycles. The zero-order valence-corrected chi connectivity index (χ0v) is 13.2. The van der Waals surface area contributed by atoms with Crippen LogP contribution in [0.4, 0.5) is 0 Å². The molecule has 0 N–H and O–H groups in total. The van der Waals surface area contributed by atoms with Crippen LogP contribution in [0.15, 0.2) is 55.1 Å². The van der Waals surface area contributed by atoms with Gasteiger partial charge >= 0.3 is 0 Å². The van der Waals surface area contributed by atoms with Crippen molar-refractivity contribution in [3.8, 4) is 5.75 Å². The Kier molecular flexibility index (Phi) is 4.85. The molecule has 0 heterocycles. The number of rotatable bonds is 5. The van der Waals surface area contributed by atoms with Gasteiger partial charge < -0.3 is 4.74 Å². The second-order valence-corrected chi connectivity index (χ2v) is 6.62. The summed E-state index contributed by atoms with van der Waals surface area (Å²) in [5.41, 5.74) is 4.00. The maximum atomic E-state index is 5.80.